The lowest BCUT2D eigenvalue weighted by Crippen LogP contribution is -1.78. The van der Waals surface area contributed by atoms with E-state index in [1.165, 1.54) is 11.3 Å². The van der Waals surface area contributed by atoms with Crippen molar-refractivity contribution in [1.82, 2.24) is 0 Å². The standard InChI is InChI=1S/C5H2ClIOS/c6-5(8)4-1-3(7)2-9-4/h1-2H. The molecule has 0 N–H and O–H groups in total. The van der Waals surface area contributed by atoms with E-state index < -0.39 is 0 Å². The summed E-state index contributed by atoms with van der Waals surface area (Å²) in [6.45, 7) is 0. The number of carbonyl (C=O) groups is 1. The van der Waals surface area contributed by atoms with Gasteiger partial charge in [0.05, 0.1) is 4.88 Å². The van der Waals surface area contributed by atoms with E-state index in [1.54, 1.807) is 6.07 Å². The van der Waals surface area contributed by atoms with Crippen molar-refractivity contribution in [3.8, 4) is 0 Å². The summed E-state index contributed by atoms with van der Waals surface area (Å²) in [5, 5.41) is 1.51. The highest BCUT2D eigenvalue weighted by Gasteiger charge is 2.02. The normalized spacial score (nSPS) is 9.56. The van der Waals surface area contributed by atoms with Crippen LogP contribution in [0.3, 0.4) is 0 Å². The van der Waals surface area contributed by atoms with Crippen LogP contribution in [0.1, 0.15) is 9.67 Å². The van der Waals surface area contributed by atoms with Crippen molar-refractivity contribution in [1.29, 1.82) is 0 Å². The van der Waals surface area contributed by atoms with Crippen LogP contribution in [-0.2, 0) is 0 Å². The zero-order valence-corrected chi connectivity index (χ0v) is 7.96. The fraction of sp³-hybridized carbons (Fsp3) is 0. The van der Waals surface area contributed by atoms with Gasteiger partial charge in [0.2, 0.25) is 0 Å². The number of hydrogen-bond acceptors (Lipinski definition) is 2. The smallest absolute Gasteiger partial charge is 0.262 e. The van der Waals surface area contributed by atoms with Crippen molar-refractivity contribution in [2.24, 2.45) is 0 Å². The second-order valence-corrected chi connectivity index (χ2v) is 3.90. The third kappa shape index (κ3) is 1.91. The molecule has 0 bridgehead atoms. The fourth-order valence-electron chi connectivity index (χ4n) is 0.416. The molecule has 1 nitrogen and oxygen atoms in total. The summed E-state index contributed by atoms with van der Waals surface area (Å²) in [7, 11) is 0. The molecule has 1 aromatic heterocycles. The Bertz CT molecular complexity index is 233. The SMILES string of the molecule is O=C(Cl)c1cc(I)cs1. The maximum absolute atomic E-state index is 10.4. The molecule has 0 spiro atoms. The average molecular weight is 272 g/mol. The Morgan fingerprint density at radius 2 is 2.44 bits per heavy atom. The maximum atomic E-state index is 10.4. The molecule has 0 aromatic carbocycles. The first-order valence-electron chi connectivity index (χ1n) is 2.14. The molecule has 0 amide bonds. The molecular formula is C5H2ClIOS. The molecule has 48 valence electrons. The number of rotatable bonds is 1. The van der Waals surface area contributed by atoms with E-state index >= 15 is 0 Å². The van der Waals surface area contributed by atoms with Gasteiger partial charge in [-0.05, 0) is 40.3 Å². The zero-order chi connectivity index (χ0) is 6.85. The van der Waals surface area contributed by atoms with Crippen LogP contribution in [0, 0.1) is 3.57 Å². The van der Waals surface area contributed by atoms with Crippen LogP contribution in [0.4, 0.5) is 0 Å². The summed E-state index contributed by atoms with van der Waals surface area (Å²) >= 11 is 8.69. The number of halogens is 2. The fourth-order valence-corrected chi connectivity index (χ4v) is 2.10. The van der Waals surface area contributed by atoms with Gasteiger partial charge in [-0.1, -0.05) is 0 Å². The van der Waals surface area contributed by atoms with Gasteiger partial charge < -0.3 is 0 Å². The van der Waals surface area contributed by atoms with Gasteiger partial charge >= 0.3 is 0 Å². The Balaban J connectivity index is 2.98. The van der Waals surface area contributed by atoms with Gasteiger partial charge in [0.15, 0.2) is 0 Å². The minimum atomic E-state index is -0.372. The third-order valence-corrected chi connectivity index (χ3v) is 3.05. The monoisotopic (exact) mass is 272 g/mol. The van der Waals surface area contributed by atoms with E-state index in [4.69, 9.17) is 11.6 Å². The van der Waals surface area contributed by atoms with Crippen LogP contribution in [0.25, 0.3) is 0 Å². The largest absolute Gasteiger partial charge is 0.275 e. The summed E-state index contributed by atoms with van der Waals surface area (Å²) in [6, 6.07) is 1.76. The van der Waals surface area contributed by atoms with Crippen molar-refractivity contribution < 1.29 is 4.79 Å². The first-order chi connectivity index (χ1) is 4.20. The third-order valence-electron chi connectivity index (χ3n) is 0.761. The quantitative estimate of drug-likeness (QED) is 0.567. The van der Waals surface area contributed by atoms with E-state index in [1.807, 2.05) is 5.38 Å². The molecular weight excluding hydrogens is 270 g/mol. The molecule has 0 saturated carbocycles. The molecule has 0 saturated heterocycles. The summed E-state index contributed by atoms with van der Waals surface area (Å²) in [5.74, 6) is 0. The van der Waals surface area contributed by atoms with Crippen LogP contribution < -0.4 is 0 Å². The number of hydrogen-bond donors (Lipinski definition) is 0. The molecule has 0 aliphatic rings. The topological polar surface area (TPSA) is 17.1 Å². The molecule has 0 fully saturated rings. The average Bonchev–Trinajstić information content (AvgIpc) is 2.14. The van der Waals surface area contributed by atoms with Crippen LogP contribution in [0.5, 0.6) is 0 Å². The Labute approximate surface area is 75.2 Å². The van der Waals surface area contributed by atoms with E-state index in [-0.39, 0.29) is 5.24 Å². The summed E-state index contributed by atoms with van der Waals surface area (Å²) in [6.07, 6.45) is 0. The highest BCUT2D eigenvalue weighted by atomic mass is 127. The van der Waals surface area contributed by atoms with Crippen LogP contribution in [0.2, 0.25) is 0 Å². The second kappa shape index (κ2) is 2.98. The van der Waals surface area contributed by atoms with Crippen molar-refractivity contribution in [3.63, 3.8) is 0 Å². The molecule has 0 radical (unpaired) electrons. The highest BCUT2D eigenvalue weighted by Crippen LogP contribution is 2.17. The second-order valence-electron chi connectivity index (χ2n) is 1.40. The highest BCUT2D eigenvalue weighted by molar-refractivity contribution is 14.1. The van der Waals surface area contributed by atoms with Gasteiger partial charge in [-0.2, -0.15) is 0 Å². The molecule has 1 aromatic rings. The van der Waals surface area contributed by atoms with Crippen molar-refractivity contribution in [3.05, 3.63) is 19.9 Å². The van der Waals surface area contributed by atoms with E-state index in [0.717, 1.165) is 3.57 Å². The van der Waals surface area contributed by atoms with Crippen LogP contribution >= 0.6 is 45.5 Å². The Kier molecular flexibility index (Phi) is 2.49. The molecule has 0 atom stereocenters. The first kappa shape index (κ1) is 7.50. The van der Waals surface area contributed by atoms with Gasteiger partial charge in [0, 0.05) is 8.95 Å². The lowest BCUT2D eigenvalue weighted by atomic mass is 10.5. The van der Waals surface area contributed by atoms with Crippen molar-refractivity contribution in [2.75, 3.05) is 0 Å². The van der Waals surface area contributed by atoms with Crippen molar-refractivity contribution in [2.45, 2.75) is 0 Å². The van der Waals surface area contributed by atoms with E-state index in [9.17, 15) is 4.79 Å². The molecule has 1 heterocycles. The predicted molar refractivity (Wildman–Crippen MR) is 47.2 cm³/mol. The molecule has 0 aliphatic heterocycles. The first-order valence-corrected chi connectivity index (χ1v) is 4.47. The predicted octanol–water partition coefficient (Wildman–Crippen LogP) is 2.73. The van der Waals surface area contributed by atoms with Crippen LogP contribution in [0.15, 0.2) is 11.4 Å². The Hall–Kier alpha value is 0.390. The Morgan fingerprint density at radius 1 is 1.78 bits per heavy atom. The van der Waals surface area contributed by atoms with Gasteiger partial charge in [0.1, 0.15) is 0 Å². The van der Waals surface area contributed by atoms with Gasteiger partial charge in [0.25, 0.3) is 5.24 Å². The molecule has 0 aliphatic carbocycles. The lowest BCUT2D eigenvalue weighted by molar-refractivity contribution is 0.108. The molecule has 4 heteroatoms. The summed E-state index contributed by atoms with van der Waals surface area (Å²) in [4.78, 5) is 11.0. The van der Waals surface area contributed by atoms with Gasteiger partial charge in [-0.15, -0.1) is 11.3 Å². The van der Waals surface area contributed by atoms with Crippen LogP contribution in [-0.4, -0.2) is 5.24 Å². The zero-order valence-electron chi connectivity index (χ0n) is 4.23. The molecule has 9 heavy (non-hydrogen) atoms. The van der Waals surface area contributed by atoms with Gasteiger partial charge in [-0.3, -0.25) is 4.79 Å². The lowest BCUT2D eigenvalue weighted by Gasteiger charge is -1.77. The number of thiophene rings is 1. The van der Waals surface area contributed by atoms with E-state index in [2.05, 4.69) is 22.6 Å². The maximum Gasteiger partial charge on any atom is 0.262 e. The minimum Gasteiger partial charge on any atom is -0.275 e. The van der Waals surface area contributed by atoms with Gasteiger partial charge in [-0.25, -0.2) is 0 Å². The number of carbonyl (C=O) groups excluding carboxylic acids is 1. The van der Waals surface area contributed by atoms with Crippen molar-refractivity contribution >= 4 is 50.8 Å². The molecule has 1 rings (SSSR count). The summed E-state index contributed by atoms with van der Waals surface area (Å²) < 4.78 is 1.06. The summed E-state index contributed by atoms with van der Waals surface area (Å²) in [5.41, 5.74) is 0. The van der Waals surface area contributed by atoms with E-state index in [0.29, 0.717) is 4.88 Å². The minimum absolute atomic E-state index is 0.372. The molecule has 0 unspecified atom stereocenters. The Morgan fingerprint density at radius 3 is 2.67 bits per heavy atom.